The largest absolute Gasteiger partial charge is 0.497 e. The molecule has 9 nitrogen and oxygen atoms in total. The summed E-state index contributed by atoms with van der Waals surface area (Å²) in [6, 6.07) is 15.1. The number of piperidine rings is 1. The van der Waals surface area contributed by atoms with Gasteiger partial charge < -0.3 is 14.4 Å². The van der Waals surface area contributed by atoms with Gasteiger partial charge in [0, 0.05) is 31.6 Å². The Morgan fingerprint density at radius 3 is 2.28 bits per heavy atom. The van der Waals surface area contributed by atoms with Crippen molar-refractivity contribution in [3.8, 4) is 22.7 Å². The molecule has 0 unspecified atom stereocenters. The normalized spacial score (nSPS) is 14.0. The molecule has 0 aliphatic carbocycles. The van der Waals surface area contributed by atoms with Gasteiger partial charge in [0.15, 0.2) is 0 Å². The van der Waals surface area contributed by atoms with Crippen molar-refractivity contribution in [3.05, 3.63) is 65.4 Å². The molecule has 0 atom stereocenters. The predicted molar refractivity (Wildman–Crippen MR) is 135 cm³/mol. The second-order valence-electron chi connectivity index (χ2n) is 8.87. The highest BCUT2D eigenvalue weighted by molar-refractivity contribution is 5.98. The summed E-state index contributed by atoms with van der Waals surface area (Å²) in [5, 5.41) is 15.1. The van der Waals surface area contributed by atoms with Gasteiger partial charge >= 0.3 is 12.0 Å². The molecular formula is C27H32N4O5. The van der Waals surface area contributed by atoms with Gasteiger partial charge in [-0.05, 0) is 51.0 Å². The van der Waals surface area contributed by atoms with Crippen molar-refractivity contribution in [3.63, 3.8) is 0 Å². The van der Waals surface area contributed by atoms with Crippen LogP contribution in [-0.4, -0.2) is 70.8 Å². The number of urea groups is 1. The van der Waals surface area contributed by atoms with Crippen LogP contribution in [0.1, 0.15) is 47.3 Å². The van der Waals surface area contributed by atoms with E-state index in [1.54, 1.807) is 23.6 Å². The van der Waals surface area contributed by atoms with Crippen LogP contribution in [0.4, 0.5) is 4.79 Å². The Labute approximate surface area is 210 Å². The standard InChI is InChI=1S/C27H32N4O5/c1-5-36-26(32)23-24(19-14-16-30(17-15-19)27(33)29(3)34)28-31(21-10-12-22(35-4)13-11-21)25(23)20-8-6-18(2)7-9-20/h6-13,19,34H,5,14-17H2,1-4H3. The highest BCUT2D eigenvalue weighted by Crippen LogP contribution is 2.37. The van der Waals surface area contributed by atoms with E-state index < -0.39 is 12.0 Å². The lowest BCUT2D eigenvalue weighted by Gasteiger charge is -2.32. The lowest BCUT2D eigenvalue weighted by molar-refractivity contribution is -0.0357. The minimum atomic E-state index is -0.442. The average molecular weight is 493 g/mol. The zero-order chi connectivity index (χ0) is 25.8. The first-order valence-electron chi connectivity index (χ1n) is 12.1. The van der Waals surface area contributed by atoms with Gasteiger partial charge in [-0.3, -0.25) is 5.21 Å². The molecule has 2 aromatic carbocycles. The monoisotopic (exact) mass is 492 g/mol. The number of benzene rings is 2. The van der Waals surface area contributed by atoms with Crippen molar-refractivity contribution in [2.24, 2.45) is 0 Å². The van der Waals surface area contributed by atoms with E-state index in [4.69, 9.17) is 14.6 Å². The van der Waals surface area contributed by atoms with Gasteiger partial charge in [-0.15, -0.1) is 0 Å². The summed E-state index contributed by atoms with van der Waals surface area (Å²) in [4.78, 5) is 27.2. The van der Waals surface area contributed by atoms with Crippen LogP contribution in [0.3, 0.4) is 0 Å². The zero-order valence-electron chi connectivity index (χ0n) is 21.1. The summed E-state index contributed by atoms with van der Waals surface area (Å²) in [6.07, 6.45) is 1.22. The van der Waals surface area contributed by atoms with Crippen molar-refractivity contribution in [1.29, 1.82) is 0 Å². The number of hydroxylamine groups is 2. The fourth-order valence-electron chi connectivity index (χ4n) is 4.56. The summed E-state index contributed by atoms with van der Waals surface area (Å²) in [5.74, 6) is 0.247. The van der Waals surface area contributed by atoms with E-state index in [1.165, 1.54) is 7.05 Å². The van der Waals surface area contributed by atoms with Crippen LogP contribution in [0.25, 0.3) is 16.9 Å². The maximum absolute atomic E-state index is 13.4. The van der Waals surface area contributed by atoms with E-state index >= 15 is 0 Å². The molecule has 4 rings (SSSR count). The van der Waals surface area contributed by atoms with E-state index in [2.05, 4.69) is 0 Å². The Balaban J connectivity index is 1.84. The number of hydrogen-bond donors (Lipinski definition) is 1. The average Bonchev–Trinajstić information content (AvgIpc) is 3.29. The predicted octanol–water partition coefficient (Wildman–Crippen LogP) is 4.65. The zero-order valence-corrected chi connectivity index (χ0v) is 21.1. The molecule has 1 aliphatic heterocycles. The van der Waals surface area contributed by atoms with E-state index in [0.29, 0.717) is 47.9 Å². The molecule has 1 saturated heterocycles. The number of amides is 2. The highest BCUT2D eigenvalue weighted by Gasteiger charge is 2.34. The molecule has 0 radical (unpaired) electrons. The van der Waals surface area contributed by atoms with E-state index in [9.17, 15) is 14.8 Å². The van der Waals surface area contributed by atoms with Crippen molar-refractivity contribution in [1.82, 2.24) is 19.7 Å². The smallest absolute Gasteiger partial charge is 0.343 e. The van der Waals surface area contributed by atoms with Gasteiger partial charge in [-0.1, -0.05) is 29.8 Å². The number of aromatic nitrogens is 2. The molecule has 1 fully saturated rings. The molecule has 0 spiro atoms. The Kier molecular flexibility index (Phi) is 7.59. The molecule has 0 saturated carbocycles. The summed E-state index contributed by atoms with van der Waals surface area (Å²) in [7, 11) is 2.93. The number of likely N-dealkylation sites (tertiary alicyclic amines) is 1. The third-order valence-electron chi connectivity index (χ3n) is 6.46. The molecule has 1 N–H and O–H groups in total. The van der Waals surface area contributed by atoms with Crippen LogP contribution in [-0.2, 0) is 4.74 Å². The first-order chi connectivity index (χ1) is 17.3. The molecule has 190 valence electrons. The number of esters is 1. The molecule has 2 heterocycles. The first-order valence-corrected chi connectivity index (χ1v) is 12.1. The van der Waals surface area contributed by atoms with Crippen LogP contribution in [0.5, 0.6) is 5.75 Å². The quantitative estimate of drug-likeness (QED) is 0.306. The molecule has 36 heavy (non-hydrogen) atoms. The molecule has 2 amide bonds. The van der Waals surface area contributed by atoms with Gasteiger partial charge in [0.1, 0.15) is 11.3 Å². The van der Waals surface area contributed by atoms with Gasteiger partial charge in [0.05, 0.1) is 30.8 Å². The number of nitrogens with zero attached hydrogens (tertiary/aromatic N) is 4. The van der Waals surface area contributed by atoms with Crippen molar-refractivity contribution in [2.75, 3.05) is 33.9 Å². The third kappa shape index (κ3) is 5.06. The molecular weight excluding hydrogens is 460 g/mol. The van der Waals surface area contributed by atoms with Crippen LogP contribution in [0, 0.1) is 6.92 Å². The maximum atomic E-state index is 13.4. The van der Waals surface area contributed by atoms with Crippen molar-refractivity contribution < 1.29 is 24.3 Å². The minimum Gasteiger partial charge on any atom is -0.497 e. The third-order valence-corrected chi connectivity index (χ3v) is 6.46. The molecule has 1 aliphatic rings. The van der Waals surface area contributed by atoms with Gasteiger partial charge in [0.25, 0.3) is 0 Å². The molecule has 1 aromatic heterocycles. The summed E-state index contributed by atoms with van der Waals surface area (Å²) in [6.45, 7) is 4.95. The molecule has 9 heteroatoms. The topological polar surface area (TPSA) is 97.1 Å². The van der Waals surface area contributed by atoms with Crippen LogP contribution in [0.15, 0.2) is 48.5 Å². The van der Waals surface area contributed by atoms with Crippen LogP contribution in [0.2, 0.25) is 0 Å². The highest BCUT2D eigenvalue weighted by atomic mass is 16.5. The Bertz CT molecular complexity index is 1210. The SMILES string of the molecule is CCOC(=O)c1c(C2CCN(C(=O)N(C)O)CC2)nn(-c2ccc(OC)cc2)c1-c1ccc(C)cc1. The van der Waals surface area contributed by atoms with Gasteiger partial charge in [-0.25, -0.2) is 19.3 Å². The van der Waals surface area contributed by atoms with Crippen molar-refractivity contribution in [2.45, 2.75) is 32.6 Å². The lowest BCUT2D eigenvalue weighted by Crippen LogP contribution is -2.43. The lowest BCUT2D eigenvalue weighted by atomic mass is 9.90. The second kappa shape index (κ2) is 10.8. The number of hydrogen-bond acceptors (Lipinski definition) is 6. The van der Waals surface area contributed by atoms with E-state index in [0.717, 1.165) is 22.6 Å². The second-order valence-corrected chi connectivity index (χ2v) is 8.87. The van der Waals surface area contributed by atoms with Gasteiger partial charge in [-0.2, -0.15) is 5.10 Å². The number of aryl methyl sites for hydroxylation is 1. The Hall–Kier alpha value is -3.85. The number of carbonyl (C=O) groups is 2. The number of methoxy groups -OCH3 is 1. The maximum Gasteiger partial charge on any atom is 0.343 e. The summed E-state index contributed by atoms with van der Waals surface area (Å²) < 4.78 is 12.6. The number of ether oxygens (including phenoxy) is 2. The van der Waals surface area contributed by atoms with Gasteiger partial charge in [0.2, 0.25) is 0 Å². The van der Waals surface area contributed by atoms with Crippen molar-refractivity contribution >= 4 is 12.0 Å². The van der Waals surface area contributed by atoms with E-state index in [-0.39, 0.29) is 12.5 Å². The molecule has 0 bridgehead atoms. The fourth-order valence-corrected chi connectivity index (χ4v) is 4.56. The Morgan fingerprint density at radius 1 is 1.08 bits per heavy atom. The Morgan fingerprint density at radius 2 is 1.72 bits per heavy atom. The molecule has 3 aromatic rings. The van der Waals surface area contributed by atoms with E-state index in [1.807, 2.05) is 55.5 Å². The fraction of sp³-hybridized carbons (Fsp3) is 0.370. The number of rotatable bonds is 6. The summed E-state index contributed by atoms with van der Waals surface area (Å²) in [5.41, 5.74) is 4.52. The van der Waals surface area contributed by atoms with Crippen LogP contribution >= 0.6 is 0 Å². The first kappa shape index (κ1) is 25.2. The summed E-state index contributed by atoms with van der Waals surface area (Å²) >= 11 is 0. The van der Waals surface area contributed by atoms with Crippen LogP contribution < -0.4 is 4.74 Å². The number of carbonyl (C=O) groups excluding carboxylic acids is 2. The minimum absolute atomic E-state index is 0.0545.